The molecule has 0 bridgehead atoms. The quantitative estimate of drug-likeness (QED) is 0.899. The number of likely N-dealkylation sites (tertiary alicyclic amines) is 1. The molecule has 1 aliphatic rings. The van der Waals surface area contributed by atoms with Crippen molar-refractivity contribution in [2.75, 3.05) is 18.4 Å². The molecule has 4 nitrogen and oxygen atoms in total. The van der Waals surface area contributed by atoms with Crippen molar-refractivity contribution in [1.82, 2.24) is 4.90 Å². The maximum Gasteiger partial charge on any atom is 0.242 e. The molecule has 3 N–H and O–H groups in total. The highest BCUT2D eigenvalue weighted by molar-refractivity contribution is 5.85. The second-order valence-electron chi connectivity index (χ2n) is 7.23. The van der Waals surface area contributed by atoms with Crippen LogP contribution in [0.15, 0.2) is 24.3 Å². The van der Waals surface area contributed by atoms with Crippen molar-refractivity contribution in [3.63, 3.8) is 0 Å². The third kappa shape index (κ3) is 4.23. The number of benzene rings is 1. The standard InChI is InChI=1S/C18H29N3O/c1-13(2)14-7-9-15(10-8-14)20-16-6-5-11-21(12-16)17(22)18(3,4)19/h7-10,13,16,20H,5-6,11-12,19H2,1-4H3. The third-order valence-corrected chi connectivity index (χ3v) is 4.21. The summed E-state index contributed by atoms with van der Waals surface area (Å²) < 4.78 is 0. The molecule has 1 fully saturated rings. The molecular weight excluding hydrogens is 274 g/mol. The number of hydrogen-bond acceptors (Lipinski definition) is 3. The van der Waals surface area contributed by atoms with Gasteiger partial charge in [0.2, 0.25) is 5.91 Å². The molecule has 0 saturated carbocycles. The van der Waals surface area contributed by atoms with Crippen LogP contribution in [0.5, 0.6) is 0 Å². The number of nitrogens with one attached hydrogen (secondary N) is 1. The monoisotopic (exact) mass is 303 g/mol. The number of carbonyl (C=O) groups is 1. The first-order chi connectivity index (χ1) is 10.3. The molecule has 0 radical (unpaired) electrons. The lowest BCUT2D eigenvalue weighted by Crippen LogP contribution is -2.55. The normalized spacial score (nSPS) is 19.4. The average Bonchev–Trinajstić information content (AvgIpc) is 2.46. The number of hydrogen-bond donors (Lipinski definition) is 2. The summed E-state index contributed by atoms with van der Waals surface area (Å²) in [4.78, 5) is 14.2. The molecule has 0 aromatic heterocycles. The summed E-state index contributed by atoms with van der Waals surface area (Å²) in [7, 11) is 0. The first kappa shape index (κ1) is 16.8. The van der Waals surface area contributed by atoms with Gasteiger partial charge in [-0.1, -0.05) is 26.0 Å². The zero-order valence-electron chi connectivity index (χ0n) is 14.2. The molecule has 22 heavy (non-hydrogen) atoms. The van der Waals surface area contributed by atoms with Crippen LogP contribution in [-0.2, 0) is 4.79 Å². The molecule has 0 aliphatic carbocycles. The molecule has 1 unspecified atom stereocenters. The number of amides is 1. The molecule has 1 amide bonds. The average molecular weight is 303 g/mol. The summed E-state index contributed by atoms with van der Waals surface area (Å²) in [5.74, 6) is 0.581. The maximum absolute atomic E-state index is 12.3. The van der Waals surface area contributed by atoms with Gasteiger partial charge in [0.25, 0.3) is 0 Å². The summed E-state index contributed by atoms with van der Waals surface area (Å²) >= 11 is 0. The van der Waals surface area contributed by atoms with Crippen molar-refractivity contribution in [3.8, 4) is 0 Å². The second-order valence-corrected chi connectivity index (χ2v) is 7.23. The van der Waals surface area contributed by atoms with E-state index in [4.69, 9.17) is 5.73 Å². The Morgan fingerprint density at radius 1 is 1.32 bits per heavy atom. The molecule has 1 atom stereocenters. The van der Waals surface area contributed by atoms with Crippen LogP contribution in [0, 0.1) is 0 Å². The molecule has 1 heterocycles. The zero-order chi connectivity index (χ0) is 16.3. The van der Waals surface area contributed by atoms with Crippen LogP contribution in [0.3, 0.4) is 0 Å². The second kappa shape index (κ2) is 6.69. The minimum atomic E-state index is -0.791. The third-order valence-electron chi connectivity index (χ3n) is 4.21. The molecule has 4 heteroatoms. The van der Waals surface area contributed by atoms with Crippen molar-refractivity contribution >= 4 is 11.6 Å². The Balaban J connectivity index is 1.97. The molecule has 0 spiro atoms. The summed E-state index contributed by atoms with van der Waals surface area (Å²) in [6.45, 7) is 9.48. The Kier molecular flexibility index (Phi) is 5.12. The molecule has 1 aliphatic heterocycles. The van der Waals surface area contributed by atoms with E-state index in [1.54, 1.807) is 13.8 Å². The summed E-state index contributed by atoms with van der Waals surface area (Å²) in [5, 5.41) is 3.55. The maximum atomic E-state index is 12.3. The van der Waals surface area contributed by atoms with Gasteiger partial charge in [-0.05, 0) is 50.3 Å². The summed E-state index contributed by atoms with van der Waals surface area (Å²) in [6, 6.07) is 8.89. The Morgan fingerprint density at radius 2 is 1.95 bits per heavy atom. The van der Waals surface area contributed by atoms with Gasteiger partial charge < -0.3 is 16.0 Å². The van der Waals surface area contributed by atoms with Crippen LogP contribution in [-0.4, -0.2) is 35.5 Å². The van der Waals surface area contributed by atoms with Crippen LogP contribution in [0.1, 0.15) is 52.0 Å². The first-order valence-electron chi connectivity index (χ1n) is 8.22. The fourth-order valence-corrected chi connectivity index (χ4v) is 2.89. The van der Waals surface area contributed by atoms with E-state index >= 15 is 0 Å². The number of carbonyl (C=O) groups excluding carboxylic acids is 1. The van der Waals surface area contributed by atoms with Crippen molar-refractivity contribution in [3.05, 3.63) is 29.8 Å². The van der Waals surface area contributed by atoms with Gasteiger partial charge in [-0.15, -0.1) is 0 Å². The van der Waals surface area contributed by atoms with E-state index in [2.05, 4.69) is 43.4 Å². The highest BCUT2D eigenvalue weighted by atomic mass is 16.2. The highest BCUT2D eigenvalue weighted by Crippen LogP contribution is 2.21. The molecule has 2 rings (SSSR count). The number of nitrogens with two attached hydrogens (primary N) is 1. The van der Waals surface area contributed by atoms with Crippen LogP contribution in [0.4, 0.5) is 5.69 Å². The van der Waals surface area contributed by atoms with Crippen LogP contribution in [0.25, 0.3) is 0 Å². The molecular formula is C18H29N3O. The van der Waals surface area contributed by atoms with Crippen molar-refractivity contribution in [1.29, 1.82) is 0 Å². The van der Waals surface area contributed by atoms with Gasteiger partial charge in [-0.25, -0.2) is 0 Å². The minimum Gasteiger partial charge on any atom is -0.381 e. The van der Waals surface area contributed by atoms with Gasteiger partial charge in [-0.3, -0.25) is 4.79 Å². The van der Waals surface area contributed by atoms with Crippen LogP contribution in [0.2, 0.25) is 0 Å². The molecule has 1 saturated heterocycles. The Morgan fingerprint density at radius 3 is 2.50 bits per heavy atom. The van der Waals surface area contributed by atoms with Gasteiger partial charge in [0.15, 0.2) is 0 Å². The fourth-order valence-electron chi connectivity index (χ4n) is 2.89. The van der Waals surface area contributed by atoms with Gasteiger partial charge in [0.05, 0.1) is 5.54 Å². The highest BCUT2D eigenvalue weighted by Gasteiger charge is 2.31. The SMILES string of the molecule is CC(C)c1ccc(NC2CCCN(C(=O)C(C)(C)N)C2)cc1. The Hall–Kier alpha value is -1.55. The Bertz CT molecular complexity index is 502. The van der Waals surface area contributed by atoms with E-state index in [1.807, 2.05) is 4.90 Å². The van der Waals surface area contributed by atoms with E-state index in [0.717, 1.165) is 31.6 Å². The summed E-state index contributed by atoms with van der Waals surface area (Å²) in [5.41, 5.74) is 7.61. The molecule has 122 valence electrons. The number of piperidine rings is 1. The predicted molar refractivity (Wildman–Crippen MR) is 92.0 cm³/mol. The van der Waals surface area contributed by atoms with Gasteiger partial charge in [0.1, 0.15) is 0 Å². The van der Waals surface area contributed by atoms with E-state index < -0.39 is 5.54 Å². The summed E-state index contributed by atoms with van der Waals surface area (Å²) in [6.07, 6.45) is 2.10. The van der Waals surface area contributed by atoms with E-state index in [-0.39, 0.29) is 5.91 Å². The van der Waals surface area contributed by atoms with Gasteiger partial charge in [0, 0.05) is 24.8 Å². The topological polar surface area (TPSA) is 58.4 Å². The first-order valence-corrected chi connectivity index (χ1v) is 8.22. The smallest absolute Gasteiger partial charge is 0.242 e. The lowest BCUT2D eigenvalue weighted by atomic mass is 9.99. The largest absolute Gasteiger partial charge is 0.381 e. The van der Waals surface area contributed by atoms with Crippen molar-refractivity contribution < 1.29 is 4.79 Å². The van der Waals surface area contributed by atoms with Crippen molar-refractivity contribution in [2.45, 2.75) is 58.0 Å². The van der Waals surface area contributed by atoms with Crippen molar-refractivity contribution in [2.24, 2.45) is 5.73 Å². The number of anilines is 1. The molecule has 1 aromatic rings. The minimum absolute atomic E-state index is 0.0363. The van der Waals surface area contributed by atoms with Gasteiger partial charge in [-0.2, -0.15) is 0 Å². The zero-order valence-corrected chi connectivity index (χ0v) is 14.2. The Labute approximate surface area is 134 Å². The van der Waals surface area contributed by atoms with Crippen LogP contribution >= 0.6 is 0 Å². The predicted octanol–water partition coefficient (Wildman–Crippen LogP) is 2.95. The fraction of sp³-hybridized carbons (Fsp3) is 0.611. The van der Waals surface area contributed by atoms with Crippen LogP contribution < -0.4 is 11.1 Å². The lowest BCUT2D eigenvalue weighted by molar-refractivity contribution is -0.136. The lowest BCUT2D eigenvalue weighted by Gasteiger charge is -2.37. The number of rotatable bonds is 4. The van der Waals surface area contributed by atoms with E-state index in [0.29, 0.717) is 12.0 Å². The van der Waals surface area contributed by atoms with Gasteiger partial charge >= 0.3 is 0 Å². The molecule has 1 aromatic carbocycles. The van der Waals surface area contributed by atoms with E-state index in [9.17, 15) is 4.79 Å². The number of nitrogens with zero attached hydrogens (tertiary/aromatic N) is 1. The van der Waals surface area contributed by atoms with E-state index in [1.165, 1.54) is 5.56 Å².